The van der Waals surface area contributed by atoms with Gasteiger partial charge in [0.25, 0.3) is 5.91 Å². The fourth-order valence-electron chi connectivity index (χ4n) is 3.76. The molecular weight excluding hydrogens is 358 g/mol. The summed E-state index contributed by atoms with van der Waals surface area (Å²) in [6, 6.07) is 14.1. The quantitative estimate of drug-likeness (QED) is 0.613. The Bertz CT molecular complexity index is 952. The van der Waals surface area contributed by atoms with Crippen LogP contribution < -0.4 is 4.74 Å². The van der Waals surface area contributed by atoms with Gasteiger partial charge in [-0.05, 0) is 55.9 Å². The molecular formula is C21H23N3O2S. The fraction of sp³-hybridized carbons (Fsp3) is 0.333. The second-order valence-electron chi connectivity index (χ2n) is 6.56. The fourth-order valence-corrected chi connectivity index (χ4v) is 4.29. The largest absolute Gasteiger partial charge is 0.494 e. The number of hydrogen-bond acceptors (Lipinski definition) is 4. The van der Waals surface area contributed by atoms with Crippen molar-refractivity contribution in [2.24, 2.45) is 0 Å². The van der Waals surface area contributed by atoms with Crippen LogP contribution in [0.15, 0.2) is 53.8 Å². The smallest absolute Gasteiger partial charge is 0.275 e. The number of carbonyl (C=O) groups is 1. The molecule has 27 heavy (non-hydrogen) atoms. The molecule has 1 aliphatic heterocycles. The maximum Gasteiger partial charge on any atom is 0.275 e. The van der Waals surface area contributed by atoms with Gasteiger partial charge in [0.05, 0.1) is 18.2 Å². The maximum atomic E-state index is 13.4. The first-order valence-corrected chi connectivity index (χ1v) is 10.5. The van der Waals surface area contributed by atoms with Crippen molar-refractivity contribution in [3.63, 3.8) is 0 Å². The molecule has 1 aliphatic rings. The Kier molecular flexibility index (Phi) is 5.07. The number of likely N-dealkylation sites (tertiary alicyclic amines) is 1. The summed E-state index contributed by atoms with van der Waals surface area (Å²) < 4.78 is 7.52. The van der Waals surface area contributed by atoms with Gasteiger partial charge in [-0.25, -0.2) is 4.98 Å². The lowest BCUT2D eigenvalue weighted by Gasteiger charge is -2.24. The van der Waals surface area contributed by atoms with Crippen LogP contribution in [0.5, 0.6) is 5.75 Å². The third-order valence-electron chi connectivity index (χ3n) is 4.99. The van der Waals surface area contributed by atoms with Crippen LogP contribution in [0.1, 0.15) is 41.9 Å². The number of hydrogen-bond donors (Lipinski definition) is 0. The minimum Gasteiger partial charge on any atom is -0.494 e. The Morgan fingerprint density at radius 2 is 2.07 bits per heavy atom. The number of aromatic nitrogens is 2. The first kappa shape index (κ1) is 17.9. The van der Waals surface area contributed by atoms with Gasteiger partial charge in [-0.15, -0.1) is 0 Å². The van der Waals surface area contributed by atoms with Crippen LogP contribution in [-0.4, -0.2) is 39.6 Å². The molecule has 1 atom stereocenters. The first-order chi connectivity index (χ1) is 13.2. The number of amides is 1. The van der Waals surface area contributed by atoms with Crippen LogP contribution in [-0.2, 0) is 0 Å². The number of ether oxygens (including phenoxy) is 1. The van der Waals surface area contributed by atoms with E-state index in [9.17, 15) is 4.79 Å². The van der Waals surface area contributed by atoms with Gasteiger partial charge in [-0.2, -0.15) is 0 Å². The molecule has 0 bridgehead atoms. The van der Waals surface area contributed by atoms with Crippen LogP contribution in [0, 0.1) is 0 Å². The lowest BCUT2D eigenvalue weighted by atomic mass is 10.0. The van der Waals surface area contributed by atoms with Crippen molar-refractivity contribution in [2.75, 3.05) is 19.4 Å². The number of carbonyl (C=O) groups excluding carboxylic acids is 1. The summed E-state index contributed by atoms with van der Waals surface area (Å²) in [6.07, 6.45) is 5.92. The molecule has 0 radical (unpaired) electrons. The van der Waals surface area contributed by atoms with E-state index in [1.807, 2.05) is 59.0 Å². The third-order valence-corrected chi connectivity index (χ3v) is 5.64. The summed E-state index contributed by atoms with van der Waals surface area (Å²) in [7, 11) is 0. The Morgan fingerprint density at radius 3 is 2.81 bits per heavy atom. The van der Waals surface area contributed by atoms with Gasteiger partial charge in [-0.1, -0.05) is 30.0 Å². The molecule has 0 spiro atoms. The Balaban J connectivity index is 1.65. The van der Waals surface area contributed by atoms with Gasteiger partial charge in [0, 0.05) is 12.7 Å². The van der Waals surface area contributed by atoms with E-state index in [0.29, 0.717) is 12.3 Å². The normalized spacial score (nSPS) is 16.8. The van der Waals surface area contributed by atoms with Gasteiger partial charge in [-0.3, -0.25) is 9.20 Å². The highest BCUT2D eigenvalue weighted by Crippen LogP contribution is 2.34. The van der Waals surface area contributed by atoms with Gasteiger partial charge in [0.15, 0.2) is 10.9 Å². The van der Waals surface area contributed by atoms with Crippen molar-refractivity contribution in [2.45, 2.75) is 31.0 Å². The number of benzene rings is 1. The highest BCUT2D eigenvalue weighted by atomic mass is 32.2. The van der Waals surface area contributed by atoms with Crippen molar-refractivity contribution in [1.82, 2.24) is 14.3 Å². The van der Waals surface area contributed by atoms with Crippen molar-refractivity contribution in [3.05, 3.63) is 59.9 Å². The van der Waals surface area contributed by atoms with Crippen LogP contribution in [0.2, 0.25) is 0 Å². The van der Waals surface area contributed by atoms with Crippen molar-refractivity contribution < 1.29 is 9.53 Å². The van der Waals surface area contributed by atoms with E-state index in [-0.39, 0.29) is 11.9 Å². The monoisotopic (exact) mass is 381 g/mol. The minimum atomic E-state index is 0.00962. The van der Waals surface area contributed by atoms with E-state index < -0.39 is 0 Å². The molecule has 1 amide bonds. The van der Waals surface area contributed by atoms with Gasteiger partial charge in [0.2, 0.25) is 0 Å². The third kappa shape index (κ3) is 3.30. The number of imidazole rings is 1. The molecule has 6 heteroatoms. The SMILES string of the molecule is CCOc1ccc([C@H]2CCCN2C(=O)c2nc(SC)n3ccccc23)cc1. The van der Waals surface area contributed by atoms with E-state index in [1.165, 1.54) is 0 Å². The molecule has 1 aromatic carbocycles. The summed E-state index contributed by atoms with van der Waals surface area (Å²) in [4.78, 5) is 20.0. The second kappa shape index (κ2) is 7.64. The lowest BCUT2D eigenvalue weighted by molar-refractivity contribution is 0.0732. The highest BCUT2D eigenvalue weighted by molar-refractivity contribution is 7.98. The van der Waals surface area contributed by atoms with E-state index in [4.69, 9.17) is 4.74 Å². The second-order valence-corrected chi connectivity index (χ2v) is 7.34. The molecule has 1 saturated heterocycles. The van der Waals surface area contributed by atoms with Gasteiger partial charge >= 0.3 is 0 Å². The lowest BCUT2D eigenvalue weighted by Crippen LogP contribution is -2.31. The topological polar surface area (TPSA) is 46.8 Å². The Morgan fingerprint density at radius 1 is 1.26 bits per heavy atom. The maximum absolute atomic E-state index is 13.4. The Labute approximate surface area is 163 Å². The molecule has 2 aromatic heterocycles. The molecule has 5 nitrogen and oxygen atoms in total. The predicted octanol–water partition coefficient (Wildman–Crippen LogP) is 4.43. The summed E-state index contributed by atoms with van der Waals surface area (Å²) in [5.41, 5.74) is 2.56. The average Bonchev–Trinajstić information content (AvgIpc) is 3.33. The van der Waals surface area contributed by atoms with Crippen LogP contribution in [0.4, 0.5) is 0 Å². The molecule has 3 heterocycles. The molecule has 3 aromatic rings. The number of thioether (sulfide) groups is 1. The van der Waals surface area contributed by atoms with E-state index in [0.717, 1.165) is 41.4 Å². The van der Waals surface area contributed by atoms with E-state index in [2.05, 4.69) is 17.1 Å². The standard InChI is InChI=1S/C21H23N3O2S/c1-3-26-16-11-9-15(10-12-16)17-8-6-14-23(17)20(25)19-18-7-4-5-13-24(18)21(22-19)27-2/h4-5,7,9-13,17H,3,6,8,14H2,1-2H3/t17-/m1/s1. The number of rotatable bonds is 5. The summed E-state index contributed by atoms with van der Waals surface area (Å²) in [6.45, 7) is 3.39. The van der Waals surface area contributed by atoms with Crippen molar-refractivity contribution in [3.8, 4) is 5.75 Å². The number of pyridine rings is 1. The van der Waals surface area contributed by atoms with Gasteiger partial charge < -0.3 is 9.64 Å². The zero-order valence-electron chi connectivity index (χ0n) is 15.6. The molecule has 4 rings (SSSR count). The molecule has 1 fully saturated rings. The number of nitrogens with zero attached hydrogens (tertiary/aromatic N) is 3. The van der Waals surface area contributed by atoms with Gasteiger partial charge in [0.1, 0.15) is 5.75 Å². The minimum absolute atomic E-state index is 0.00962. The molecule has 0 aliphatic carbocycles. The van der Waals surface area contributed by atoms with E-state index in [1.54, 1.807) is 11.8 Å². The van der Waals surface area contributed by atoms with Crippen molar-refractivity contribution in [1.29, 1.82) is 0 Å². The molecule has 0 saturated carbocycles. The first-order valence-electron chi connectivity index (χ1n) is 9.27. The van der Waals surface area contributed by atoms with Crippen LogP contribution >= 0.6 is 11.8 Å². The Hall–Kier alpha value is -2.47. The molecule has 0 N–H and O–H groups in total. The van der Waals surface area contributed by atoms with E-state index >= 15 is 0 Å². The molecule has 140 valence electrons. The highest BCUT2D eigenvalue weighted by Gasteiger charge is 2.33. The van der Waals surface area contributed by atoms with Crippen LogP contribution in [0.3, 0.4) is 0 Å². The number of fused-ring (bicyclic) bond motifs is 1. The summed E-state index contributed by atoms with van der Waals surface area (Å²) in [5.74, 6) is 0.872. The zero-order chi connectivity index (χ0) is 18.8. The molecule has 0 unspecified atom stereocenters. The van der Waals surface area contributed by atoms with Crippen LogP contribution in [0.25, 0.3) is 5.52 Å². The summed E-state index contributed by atoms with van der Waals surface area (Å²) >= 11 is 1.55. The predicted molar refractivity (Wildman–Crippen MR) is 108 cm³/mol. The van der Waals surface area contributed by atoms with Crippen molar-refractivity contribution >= 4 is 23.2 Å². The average molecular weight is 382 g/mol. The summed E-state index contributed by atoms with van der Waals surface area (Å²) in [5, 5.41) is 0.839. The zero-order valence-corrected chi connectivity index (χ0v) is 16.4.